The summed E-state index contributed by atoms with van der Waals surface area (Å²) in [5.74, 6) is -0.347. The van der Waals surface area contributed by atoms with Crippen molar-refractivity contribution < 1.29 is 14.3 Å². The predicted molar refractivity (Wildman–Crippen MR) is 54.0 cm³/mol. The van der Waals surface area contributed by atoms with Crippen LogP contribution in [0.25, 0.3) is 0 Å². The third-order valence-corrected chi connectivity index (χ3v) is 3.19. The first kappa shape index (κ1) is 10.4. The molecular formula is C11H15NO3. The highest BCUT2D eigenvalue weighted by Gasteiger charge is 2.40. The number of amides is 2. The van der Waals surface area contributed by atoms with Gasteiger partial charge in [0.1, 0.15) is 0 Å². The van der Waals surface area contributed by atoms with Crippen LogP contribution in [-0.2, 0) is 14.3 Å². The minimum Gasteiger partial charge on any atom is -0.379 e. The Hall–Kier alpha value is -1.16. The zero-order valence-corrected chi connectivity index (χ0v) is 9.03. The van der Waals surface area contributed by atoms with Gasteiger partial charge in [0.25, 0.3) is 11.8 Å². The van der Waals surface area contributed by atoms with Crippen molar-refractivity contribution in [1.82, 2.24) is 4.90 Å². The van der Waals surface area contributed by atoms with Gasteiger partial charge in [-0.05, 0) is 26.2 Å². The number of nitrogens with zero attached hydrogens (tertiary/aromatic N) is 1. The van der Waals surface area contributed by atoms with Crippen molar-refractivity contribution >= 4 is 11.8 Å². The van der Waals surface area contributed by atoms with Gasteiger partial charge in [0.2, 0.25) is 0 Å². The zero-order chi connectivity index (χ0) is 11.0. The molecule has 0 aromatic rings. The Balaban J connectivity index is 2.18. The Morgan fingerprint density at radius 3 is 2.67 bits per heavy atom. The van der Waals surface area contributed by atoms with Crippen LogP contribution >= 0.6 is 0 Å². The minimum atomic E-state index is -0.188. The van der Waals surface area contributed by atoms with Crippen molar-refractivity contribution in [3.8, 4) is 0 Å². The molecule has 1 fully saturated rings. The van der Waals surface area contributed by atoms with E-state index in [4.69, 9.17) is 4.74 Å². The van der Waals surface area contributed by atoms with Crippen LogP contribution in [0.3, 0.4) is 0 Å². The third-order valence-electron chi connectivity index (χ3n) is 3.19. The molecule has 0 bridgehead atoms. The van der Waals surface area contributed by atoms with Gasteiger partial charge in [-0.3, -0.25) is 14.5 Å². The molecule has 2 aliphatic rings. The van der Waals surface area contributed by atoms with Crippen LogP contribution in [0.4, 0.5) is 0 Å². The summed E-state index contributed by atoms with van der Waals surface area (Å²) in [6.07, 6.45) is 4.22. The molecule has 15 heavy (non-hydrogen) atoms. The monoisotopic (exact) mass is 209 g/mol. The third kappa shape index (κ3) is 1.59. The molecule has 0 aromatic heterocycles. The molecule has 1 aliphatic carbocycles. The predicted octanol–water partition coefficient (Wildman–Crippen LogP) is 0.869. The maximum Gasteiger partial charge on any atom is 0.256 e. The molecule has 2 amide bonds. The van der Waals surface area contributed by atoms with Crippen molar-refractivity contribution in [2.45, 2.75) is 38.3 Å². The summed E-state index contributed by atoms with van der Waals surface area (Å²) in [5, 5.41) is 0. The fourth-order valence-corrected chi connectivity index (χ4v) is 2.40. The highest BCUT2D eigenvalue weighted by Crippen LogP contribution is 2.29. The minimum absolute atomic E-state index is 0.0113. The first-order valence-corrected chi connectivity index (χ1v) is 5.23. The van der Waals surface area contributed by atoms with Gasteiger partial charge in [-0.25, -0.2) is 0 Å². The maximum absolute atomic E-state index is 11.7. The van der Waals surface area contributed by atoms with Gasteiger partial charge in [0, 0.05) is 18.8 Å². The molecule has 2 unspecified atom stereocenters. The van der Waals surface area contributed by atoms with Crippen molar-refractivity contribution in [2.24, 2.45) is 0 Å². The number of hydrogen-bond acceptors (Lipinski definition) is 3. The Morgan fingerprint density at radius 2 is 2.13 bits per heavy atom. The summed E-state index contributed by atoms with van der Waals surface area (Å²) in [6.45, 7) is 1.68. The molecule has 0 radical (unpaired) electrons. The molecule has 0 aromatic carbocycles. The van der Waals surface area contributed by atoms with E-state index in [2.05, 4.69) is 0 Å². The van der Waals surface area contributed by atoms with Gasteiger partial charge in [-0.2, -0.15) is 0 Å². The number of hydrogen-bond donors (Lipinski definition) is 0. The molecule has 4 nitrogen and oxygen atoms in total. The van der Waals surface area contributed by atoms with E-state index >= 15 is 0 Å². The molecule has 0 saturated heterocycles. The van der Waals surface area contributed by atoms with Crippen LogP contribution in [0, 0.1) is 0 Å². The highest BCUT2D eigenvalue weighted by molar-refractivity contribution is 6.16. The molecule has 2 rings (SSSR count). The van der Waals surface area contributed by atoms with Crippen molar-refractivity contribution in [1.29, 1.82) is 0 Å². The Morgan fingerprint density at radius 1 is 1.40 bits per heavy atom. The second kappa shape index (κ2) is 3.77. The second-order valence-corrected chi connectivity index (χ2v) is 4.11. The lowest BCUT2D eigenvalue weighted by Gasteiger charge is -2.27. The van der Waals surface area contributed by atoms with Crippen LogP contribution in [-0.4, -0.2) is 36.0 Å². The fraction of sp³-hybridized carbons (Fsp3) is 0.636. The number of rotatable bonds is 2. The summed E-state index contributed by atoms with van der Waals surface area (Å²) in [7, 11) is 1.63. The summed E-state index contributed by atoms with van der Waals surface area (Å²) in [6, 6.07) is -0.0660. The number of ether oxygens (including phenoxy) is 1. The standard InChI is InChI=1S/C11H15NO3/c1-7-6-10(13)12(11(7)14)8-4-3-5-9(8)15-2/h6,8-9H,3-5H2,1-2H3. The largest absolute Gasteiger partial charge is 0.379 e. The van der Waals surface area contributed by atoms with Crippen LogP contribution in [0.1, 0.15) is 26.2 Å². The number of carbonyl (C=O) groups excluding carboxylic acids is 2. The van der Waals surface area contributed by atoms with Gasteiger partial charge in [0.05, 0.1) is 12.1 Å². The average Bonchev–Trinajstić information content (AvgIpc) is 2.73. The Kier molecular flexibility index (Phi) is 2.61. The van der Waals surface area contributed by atoms with Gasteiger partial charge in [-0.1, -0.05) is 0 Å². The normalized spacial score (nSPS) is 31.3. The average molecular weight is 209 g/mol. The number of carbonyl (C=O) groups is 2. The molecular weight excluding hydrogens is 194 g/mol. The number of imide groups is 1. The van der Waals surface area contributed by atoms with Gasteiger partial charge in [0.15, 0.2) is 0 Å². The molecule has 1 saturated carbocycles. The molecule has 1 aliphatic heterocycles. The second-order valence-electron chi connectivity index (χ2n) is 4.11. The van der Waals surface area contributed by atoms with Gasteiger partial charge in [-0.15, -0.1) is 0 Å². The first-order valence-electron chi connectivity index (χ1n) is 5.23. The van der Waals surface area contributed by atoms with Crippen LogP contribution in [0.2, 0.25) is 0 Å². The van der Waals surface area contributed by atoms with Crippen molar-refractivity contribution in [2.75, 3.05) is 7.11 Å². The van der Waals surface area contributed by atoms with E-state index < -0.39 is 0 Å². The van der Waals surface area contributed by atoms with Gasteiger partial charge >= 0.3 is 0 Å². The van der Waals surface area contributed by atoms with Crippen molar-refractivity contribution in [3.05, 3.63) is 11.6 Å². The fourth-order valence-electron chi connectivity index (χ4n) is 2.40. The van der Waals surface area contributed by atoms with E-state index in [9.17, 15) is 9.59 Å². The van der Waals surface area contributed by atoms with E-state index in [1.54, 1.807) is 14.0 Å². The molecule has 82 valence electrons. The summed E-state index contributed by atoms with van der Waals surface area (Å²) >= 11 is 0. The van der Waals surface area contributed by atoms with Crippen LogP contribution in [0.5, 0.6) is 0 Å². The lowest BCUT2D eigenvalue weighted by Crippen LogP contribution is -2.45. The Labute approximate surface area is 88.9 Å². The van der Waals surface area contributed by atoms with E-state index in [1.807, 2.05) is 0 Å². The van der Waals surface area contributed by atoms with Crippen LogP contribution in [0.15, 0.2) is 11.6 Å². The van der Waals surface area contributed by atoms with E-state index in [0.29, 0.717) is 5.57 Å². The first-order chi connectivity index (χ1) is 7.15. The summed E-state index contributed by atoms with van der Waals surface area (Å²) in [4.78, 5) is 24.7. The van der Waals surface area contributed by atoms with Gasteiger partial charge < -0.3 is 4.74 Å². The summed E-state index contributed by atoms with van der Waals surface area (Å²) in [5.41, 5.74) is 0.529. The quantitative estimate of drug-likeness (QED) is 0.634. The molecule has 1 heterocycles. The van der Waals surface area contributed by atoms with Crippen LogP contribution < -0.4 is 0 Å². The topological polar surface area (TPSA) is 46.6 Å². The molecule has 2 atom stereocenters. The lowest BCUT2D eigenvalue weighted by atomic mass is 10.2. The van der Waals surface area contributed by atoms with E-state index in [-0.39, 0.29) is 24.0 Å². The highest BCUT2D eigenvalue weighted by atomic mass is 16.5. The maximum atomic E-state index is 11.7. The smallest absolute Gasteiger partial charge is 0.256 e. The molecule has 0 spiro atoms. The summed E-state index contributed by atoms with van der Waals surface area (Å²) < 4.78 is 5.30. The lowest BCUT2D eigenvalue weighted by molar-refractivity contribution is -0.142. The molecule has 0 N–H and O–H groups in total. The van der Waals surface area contributed by atoms with Crippen molar-refractivity contribution in [3.63, 3.8) is 0 Å². The van der Waals surface area contributed by atoms with E-state index in [1.165, 1.54) is 11.0 Å². The Bertz CT molecular complexity index is 335. The molecule has 4 heteroatoms. The zero-order valence-electron chi connectivity index (χ0n) is 9.03. The van der Waals surface area contributed by atoms with E-state index in [0.717, 1.165) is 19.3 Å². The SMILES string of the molecule is COC1CCCC1N1C(=O)C=C(C)C1=O. The number of methoxy groups -OCH3 is 1.